The van der Waals surface area contributed by atoms with Gasteiger partial charge >= 0.3 is 0 Å². The van der Waals surface area contributed by atoms with Gasteiger partial charge in [0.1, 0.15) is 17.6 Å². The summed E-state index contributed by atoms with van der Waals surface area (Å²) in [4.78, 5) is 1.15. The van der Waals surface area contributed by atoms with Crippen LogP contribution in [-0.2, 0) is 32.4 Å². The fourth-order valence-corrected chi connectivity index (χ4v) is 8.32. The lowest BCUT2D eigenvalue weighted by Crippen LogP contribution is -2.50. The van der Waals surface area contributed by atoms with E-state index in [9.17, 15) is 9.13 Å². The molecule has 0 radical (unpaired) electrons. The highest BCUT2D eigenvalue weighted by atomic mass is 32.2. The Morgan fingerprint density at radius 2 is 1.21 bits per heavy atom. The van der Waals surface area contributed by atoms with Crippen LogP contribution in [0.3, 0.4) is 0 Å². The molecule has 2 heterocycles. The normalized spacial score (nSPS) is 35.7. The van der Waals surface area contributed by atoms with Crippen molar-refractivity contribution in [1.29, 1.82) is 0 Å². The van der Waals surface area contributed by atoms with Crippen LogP contribution in [-0.4, -0.2) is 69.9 Å². The zero-order valence-corrected chi connectivity index (χ0v) is 28.3. The lowest BCUT2D eigenvalue weighted by molar-refractivity contribution is -0.254. The van der Waals surface area contributed by atoms with Crippen molar-refractivity contribution in [3.8, 4) is 0 Å². The minimum absolute atomic E-state index is 0.119. The molecule has 3 rings (SSSR count). The minimum Gasteiger partial charge on any atom is -0.361 e. The number of thioether (sulfide) groups is 1. The van der Waals surface area contributed by atoms with Crippen molar-refractivity contribution in [3.63, 3.8) is 0 Å². The average molecular weight is 607 g/mol. The summed E-state index contributed by atoms with van der Waals surface area (Å²) < 4.78 is 53.1. The van der Waals surface area contributed by atoms with Crippen LogP contribution in [0.5, 0.6) is 0 Å². The average Bonchev–Trinajstić information content (AvgIpc) is 2.86. The molecule has 39 heavy (non-hydrogen) atoms. The van der Waals surface area contributed by atoms with Gasteiger partial charge in [0, 0.05) is 38.7 Å². The third-order valence-corrected chi connectivity index (χ3v) is 10.5. The number of hydrogen-bond acceptors (Lipinski definition) is 8. The zero-order chi connectivity index (χ0) is 29.5. The molecule has 7 nitrogen and oxygen atoms in total. The van der Waals surface area contributed by atoms with E-state index in [2.05, 4.69) is 53.7 Å². The van der Waals surface area contributed by atoms with Crippen LogP contribution in [0.15, 0.2) is 35.2 Å². The van der Waals surface area contributed by atoms with E-state index in [4.69, 9.17) is 23.3 Å². The molecule has 0 N–H and O–H groups in total. The van der Waals surface area contributed by atoms with Gasteiger partial charge in [-0.25, -0.2) is 0 Å². The summed E-state index contributed by atoms with van der Waals surface area (Å²) in [6, 6.07) is 10.2. The molecule has 0 saturated carbocycles. The standard InChI is InChI=1S/C17H27O3PS.C12H25O4P/c1-6-15-12(2)13(3)16(20-21(4,5)18)17(19-15)22-14-10-8-7-9-11-14;1-7-10-8(2)9(3)11(12(14-4)15-10)16-17(5,6)13/h7-13,15-17H,6H2,1-5H3;8-12H,7H2,1-6H3. The van der Waals surface area contributed by atoms with Crippen LogP contribution in [0.4, 0.5) is 0 Å². The Hall–Kier alpha value is -0.170. The van der Waals surface area contributed by atoms with Crippen LogP contribution in [0, 0.1) is 23.7 Å². The van der Waals surface area contributed by atoms with Crippen LogP contribution in [0.1, 0.15) is 54.4 Å². The second-order valence-corrected chi connectivity index (χ2v) is 18.3. The Labute approximate surface area is 241 Å². The highest BCUT2D eigenvalue weighted by molar-refractivity contribution is 7.99. The van der Waals surface area contributed by atoms with Gasteiger partial charge in [-0.05, 0) is 48.6 Å². The Kier molecular flexibility index (Phi) is 13.8. The van der Waals surface area contributed by atoms with Gasteiger partial charge in [-0.15, -0.1) is 0 Å². The third kappa shape index (κ3) is 10.6. The molecule has 2 aliphatic heterocycles. The van der Waals surface area contributed by atoms with E-state index in [-0.39, 0.29) is 35.8 Å². The van der Waals surface area contributed by atoms with E-state index in [0.29, 0.717) is 17.8 Å². The first-order chi connectivity index (χ1) is 18.1. The Morgan fingerprint density at radius 1 is 0.744 bits per heavy atom. The number of rotatable bonds is 9. The maximum absolute atomic E-state index is 12.2. The molecule has 10 atom stereocenters. The van der Waals surface area contributed by atoms with Crippen LogP contribution in [0.25, 0.3) is 0 Å². The van der Waals surface area contributed by atoms with Crippen molar-refractivity contribution >= 4 is 26.5 Å². The molecule has 0 aromatic heterocycles. The molecular formula is C29H52O7P2S. The summed E-state index contributed by atoms with van der Waals surface area (Å²) in [5, 5.41) is 0. The number of ether oxygens (including phenoxy) is 3. The summed E-state index contributed by atoms with van der Waals surface area (Å²) in [6.07, 6.45) is 1.53. The summed E-state index contributed by atoms with van der Waals surface area (Å²) >= 11 is 1.67. The van der Waals surface area contributed by atoms with Gasteiger partial charge in [0.25, 0.3) is 0 Å². The molecule has 1 aromatic rings. The van der Waals surface area contributed by atoms with Crippen molar-refractivity contribution < 1.29 is 32.4 Å². The second kappa shape index (κ2) is 15.3. The molecule has 10 heteroatoms. The summed E-state index contributed by atoms with van der Waals surface area (Å²) in [5.41, 5.74) is -0.119. The highest BCUT2D eigenvalue weighted by Gasteiger charge is 2.44. The van der Waals surface area contributed by atoms with Crippen molar-refractivity contribution in [2.75, 3.05) is 33.8 Å². The summed E-state index contributed by atoms with van der Waals surface area (Å²) in [6.45, 7) is 19.5. The SMILES string of the molecule is CCC1OC(OC)C(OP(C)(C)=O)C(C)C1C.CCC1OC(Sc2ccccc2)C(OP(C)(C)=O)C(C)C1C. The maximum Gasteiger partial charge on any atom is 0.197 e. The molecule has 0 bridgehead atoms. The van der Waals surface area contributed by atoms with Crippen LogP contribution < -0.4 is 0 Å². The van der Waals surface area contributed by atoms with E-state index in [1.807, 2.05) is 18.2 Å². The topological polar surface area (TPSA) is 80.3 Å². The predicted octanol–water partition coefficient (Wildman–Crippen LogP) is 8.07. The largest absolute Gasteiger partial charge is 0.361 e. The van der Waals surface area contributed by atoms with Gasteiger partial charge < -0.3 is 23.3 Å². The fraction of sp³-hybridized carbons (Fsp3) is 0.793. The minimum atomic E-state index is -2.56. The van der Waals surface area contributed by atoms with Gasteiger partial charge in [0.2, 0.25) is 0 Å². The van der Waals surface area contributed by atoms with Gasteiger partial charge in [-0.3, -0.25) is 9.13 Å². The molecule has 0 aliphatic carbocycles. The summed E-state index contributed by atoms with van der Waals surface area (Å²) in [5.74, 6) is 1.36. The first-order valence-electron chi connectivity index (χ1n) is 14.1. The monoisotopic (exact) mass is 606 g/mol. The van der Waals surface area contributed by atoms with Crippen molar-refractivity contribution in [2.24, 2.45) is 23.7 Å². The van der Waals surface area contributed by atoms with Crippen molar-refractivity contribution in [2.45, 2.75) is 95.4 Å². The number of methoxy groups -OCH3 is 1. The number of benzene rings is 1. The Balaban J connectivity index is 0.000000283. The van der Waals surface area contributed by atoms with E-state index in [1.54, 1.807) is 45.5 Å². The first-order valence-corrected chi connectivity index (χ1v) is 20.1. The molecule has 10 unspecified atom stereocenters. The van der Waals surface area contributed by atoms with Gasteiger partial charge in [-0.2, -0.15) is 0 Å². The van der Waals surface area contributed by atoms with Crippen LogP contribution >= 0.6 is 26.5 Å². The number of hydrogen-bond donors (Lipinski definition) is 0. The molecule has 226 valence electrons. The van der Waals surface area contributed by atoms with Crippen molar-refractivity contribution in [3.05, 3.63) is 30.3 Å². The molecule has 2 saturated heterocycles. The zero-order valence-electron chi connectivity index (χ0n) is 25.7. The molecule has 0 amide bonds. The van der Waals surface area contributed by atoms with Gasteiger partial charge in [0.15, 0.2) is 21.0 Å². The molecule has 2 aliphatic rings. The van der Waals surface area contributed by atoms with Gasteiger partial charge in [0.05, 0.1) is 12.2 Å². The lowest BCUT2D eigenvalue weighted by Gasteiger charge is -2.44. The fourth-order valence-electron chi connectivity index (χ4n) is 5.25. The van der Waals surface area contributed by atoms with Crippen LogP contribution in [0.2, 0.25) is 0 Å². The first kappa shape index (κ1) is 35.0. The van der Waals surface area contributed by atoms with Crippen molar-refractivity contribution in [1.82, 2.24) is 0 Å². The highest BCUT2D eigenvalue weighted by Crippen LogP contribution is 2.48. The second-order valence-electron chi connectivity index (χ2n) is 11.6. The predicted molar refractivity (Wildman–Crippen MR) is 163 cm³/mol. The summed E-state index contributed by atoms with van der Waals surface area (Å²) in [7, 11) is -3.49. The lowest BCUT2D eigenvalue weighted by atomic mass is 9.83. The molecule has 2 fully saturated rings. The Bertz CT molecular complexity index is 950. The molecular weight excluding hydrogens is 554 g/mol. The smallest absolute Gasteiger partial charge is 0.197 e. The quantitative estimate of drug-likeness (QED) is 0.261. The van der Waals surface area contributed by atoms with E-state index >= 15 is 0 Å². The third-order valence-electron chi connectivity index (χ3n) is 7.81. The van der Waals surface area contributed by atoms with E-state index in [1.165, 1.54) is 0 Å². The molecule has 1 aromatic carbocycles. The van der Waals surface area contributed by atoms with E-state index < -0.39 is 21.0 Å². The van der Waals surface area contributed by atoms with Gasteiger partial charge in [-0.1, -0.05) is 71.5 Å². The van der Waals surface area contributed by atoms with E-state index in [0.717, 1.165) is 17.7 Å². The Morgan fingerprint density at radius 3 is 1.67 bits per heavy atom. The maximum atomic E-state index is 12.2. The molecule has 0 spiro atoms.